The second kappa shape index (κ2) is 8.18. The van der Waals surface area contributed by atoms with Gasteiger partial charge in [-0.2, -0.15) is 5.26 Å². The maximum atomic E-state index is 9.83. The molecule has 2 nitrogen and oxygen atoms in total. The maximum absolute atomic E-state index is 9.83. The maximum Gasteiger partial charge on any atom is 0.136 e. The third-order valence-electron chi connectivity index (χ3n) is 8.64. The van der Waals surface area contributed by atoms with Crippen molar-refractivity contribution in [3.63, 3.8) is 0 Å². The topological polar surface area (TPSA) is 36.9 Å². The van der Waals surface area contributed by atoms with E-state index in [9.17, 15) is 5.26 Å². The molecule has 0 atom stereocenters. The Labute approximate surface area is 236 Å². The van der Waals surface area contributed by atoms with Crippen molar-refractivity contribution in [1.29, 1.82) is 5.26 Å². The normalized spacial score (nSPS) is 11.9. The van der Waals surface area contributed by atoms with Crippen LogP contribution in [0.1, 0.15) is 5.56 Å². The smallest absolute Gasteiger partial charge is 0.136 e. The van der Waals surface area contributed by atoms with Crippen LogP contribution < -0.4 is 0 Å². The molecule has 1 heterocycles. The second-order valence-electron chi connectivity index (χ2n) is 10.8. The van der Waals surface area contributed by atoms with Gasteiger partial charge in [-0.05, 0) is 73.3 Å². The van der Waals surface area contributed by atoms with Gasteiger partial charge in [0.2, 0.25) is 0 Å². The zero-order valence-corrected chi connectivity index (χ0v) is 22.0. The molecule has 0 amide bonds. The summed E-state index contributed by atoms with van der Waals surface area (Å²) in [6, 6.07) is 47.1. The Bertz CT molecular complexity index is 2410. The van der Waals surface area contributed by atoms with Crippen molar-refractivity contribution in [3.05, 3.63) is 133 Å². The SMILES string of the molecule is N#Cc1cccc2cccc(-c3ccc(-c4c5c(cc6oc7ccccc7c46)-c4cccc6cccc-5c46)cc3)c12. The molecule has 0 radical (unpaired) electrons. The lowest BCUT2D eigenvalue weighted by molar-refractivity contribution is 0.669. The van der Waals surface area contributed by atoms with E-state index in [-0.39, 0.29) is 0 Å². The Morgan fingerprint density at radius 2 is 1.12 bits per heavy atom. The minimum absolute atomic E-state index is 0.695. The Balaban J connectivity index is 1.35. The summed E-state index contributed by atoms with van der Waals surface area (Å²) < 4.78 is 6.47. The molecule has 1 aliphatic rings. The molecular formula is C39H21NO. The second-order valence-corrected chi connectivity index (χ2v) is 10.8. The summed E-state index contributed by atoms with van der Waals surface area (Å²) in [7, 11) is 0. The van der Waals surface area contributed by atoms with Crippen molar-refractivity contribution < 1.29 is 4.42 Å². The fraction of sp³-hybridized carbons (Fsp3) is 0. The van der Waals surface area contributed by atoms with Gasteiger partial charge in [0.25, 0.3) is 0 Å². The lowest BCUT2D eigenvalue weighted by atomic mass is 9.88. The van der Waals surface area contributed by atoms with Crippen molar-refractivity contribution in [1.82, 2.24) is 0 Å². The molecule has 41 heavy (non-hydrogen) atoms. The van der Waals surface area contributed by atoms with Crippen molar-refractivity contribution in [2.75, 3.05) is 0 Å². The minimum Gasteiger partial charge on any atom is -0.456 e. The number of furan rings is 1. The first-order valence-corrected chi connectivity index (χ1v) is 13.8. The standard InChI is InChI=1S/C39H21NO/c40-22-27-11-3-7-24-8-4-13-28(35(24)27)23-17-19-26(20-18-23)37-38-31-15-6-10-25-9-5-14-29(36(25)31)32(38)21-34-39(37)30-12-1-2-16-33(30)41-34/h1-21H. The number of benzene rings is 7. The van der Waals surface area contributed by atoms with Crippen molar-refractivity contribution in [3.8, 4) is 50.6 Å². The Morgan fingerprint density at radius 3 is 1.90 bits per heavy atom. The Hall–Kier alpha value is -5.65. The molecule has 0 fully saturated rings. The number of nitrogens with zero attached hydrogens (tertiary/aromatic N) is 1. The van der Waals surface area contributed by atoms with E-state index >= 15 is 0 Å². The van der Waals surface area contributed by atoms with Gasteiger partial charge in [0, 0.05) is 21.7 Å². The molecule has 0 saturated carbocycles. The first-order chi connectivity index (χ1) is 20.3. The van der Waals surface area contributed by atoms with Gasteiger partial charge in [0.05, 0.1) is 11.6 Å². The number of fused-ring (bicyclic) bond motifs is 7. The highest BCUT2D eigenvalue weighted by Crippen LogP contribution is 2.54. The number of rotatable bonds is 2. The van der Waals surface area contributed by atoms with Crippen LogP contribution in [0.2, 0.25) is 0 Å². The molecule has 0 bridgehead atoms. The van der Waals surface area contributed by atoms with E-state index in [1.807, 2.05) is 18.2 Å². The molecule has 2 heteroatoms. The Morgan fingerprint density at radius 1 is 0.463 bits per heavy atom. The summed E-state index contributed by atoms with van der Waals surface area (Å²) in [4.78, 5) is 0. The molecule has 8 aromatic rings. The Kier molecular flexibility index (Phi) is 4.43. The van der Waals surface area contributed by atoms with E-state index in [1.54, 1.807) is 0 Å². The first-order valence-electron chi connectivity index (χ1n) is 13.8. The molecule has 0 aliphatic heterocycles. The van der Waals surface area contributed by atoms with Crippen LogP contribution in [0.3, 0.4) is 0 Å². The molecule has 9 rings (SSSR count). The third-order valence-corrected chi connectivity index (χ3v) is 8.64. The van der Waals surface area contributed by atoms with Gasteiger partial charge in [0.1, 0.15) is 11.2 Å². The number of para-hydroxylation sites is 1. The lowest BCUT2D eigenvalue weighted by Gasteiger charge is -2.14. The van der Waals surface area contributed by atoms with E-state index in [2.05, 4.69) is 115 Å². The molecule has 0 spiro atoms. The molecule has 1 aromatic heterocycles. The molecule has 0 unspecified atom stereocenters. The van der Waals surface area contributed by atoms with Crippen LogP contribution in [-0.4, -0.2) is 0 Å². The minimum atomic E-state index is 0.695. The van der Waals surface area contributed by atoms with Crippen LogP contribution in [-0.2, 0) is 0 Å². The zero-order valence-electron chi connectivity index (χ0n) is 22.0. The number of hydrogen-bond acceptors (Lipinski definition) is 2. The molecule has 188 valence electrons. The van der Waals surface area contributed by atoms with Crippen molar-refractivity contribution in [2.24, 2.45) is 0 Å². The van der Waals surface area contributed by atoms with Gasteiger partial charge in [0.15, 0.2) is 0 Å². The number of hydrogen-bond donors (Lipinski definition) is 0. The summed E-state index contributed by atoms with van der Waals surface area (Å²) in [5, 5.41) is 16.7. The van der Waals surface area contributed by atoms with E-state index in [1.165, 1.54) is 38.6 Å². The van der Waals surface area contributed by atoms with E-state index in [4.69, 9.17) is 4.42 Å². The monoisotopic (exact) mass is 519 g/mol. The average molecular weight is 520 g/mol. The quantitative estimate of drug-likeness (QED) is 0.228. The summed E-state index contributed by atoms with van der Waals surface area (Å²) in [6.07, 6.45) is 0. The van der Waals surface area contributed by atoms with Crippen LogP contribution >= 0.6 is 0 Å². The van der Waals surface area contributed by atoms with Gasteiger partial charge in [-0.25, -0.2) is 0 Å². The summed E-state index contributed by atoms with van der Waals surface area (Å²) in [6.45, 7) is 0. The highest BCUT2D eigenvalue weighted by atomic mass is 16.3. The highest BCUT2D eigenvalue weighted by molar-refractivity contribution is 6.25. The summed E-state index contributed by atoms with van der Waals surface area (Å²) in [5.74, 6) is 0. The lowest BCUT2D eigenvalue weighted by Crippen LogP contribution is -1.89. The van der Waals surface area contributed by atoms with E-state index in [0.29, 0.717) is 5.56 Å². The average Bonchev–Trinajstić information content (AvgIpc) is 3.56. The van der Waals surface area contributed by atoms with Crippen molar-refractivity contribution in [2.45, 2.75) is 0 Å². The van der Waals surface area contributed by atoms with Gasteiger partial charge < -0.3 is 4.42 Å². The zero-order chi connectivity index (χ0) is 27.1. The van der Waals surface area contributed by atoms with E-state index in [0.717, 1.165) is 49.4 Å². The largest absolute Gasteiger partial charge is 0.456 e. The molecular weight excluding hydrogens is 498 g/mol. The molecule has 0 N–H and O–H groups in total. The van der Waals surface area contributed by atoms with Crippen molar-refractivity contribution >= 4 is 43.5 Å². The van der Waals surface area contributed by atoms with Gasteiger partial charge in [-0.15, -0.1) is 0 Å². The molecule has 0 saturated heterocycles. The third kappa shape index (κ3) is 3.01. The van der Waals surface area contributed by atoms with Crippen LogP contribution in [0, 0.1) is 11.3 Å². The van der Waals surface area contributed by atoms with Gasteiger partial charge in [-0.1, -0.05) is 109 Å². The van der Waals surface area contributed by atoms with Gasteiger partial charge in [-0.3, -0.25) is 0 Å². The van der Waals surface area contributed by atoms with Crippen LogP contribution in [0.4, 0.5) is 0 Å². The summed E-state index contributed by atoms with van der Waals surface area (Å²) in [5.41, 5.74) is 12.0. The van der Waals surface area contributed by atoms with E-state index < -0.39 is 0 Å². The predicted octanol–water partition coefficient (Wildman–Crippen LogP) is 10.7. The first kappa shape index (κ1) is 22.2. The fourth-order valence-corrected chi connectivity index (χ4v) is 6.93. The molecule has 7 aromatic carbocycles. The van der Waals surface area contributed by atoms with Gasteiger partial charge >= 0.3 is 0 Å². The van der Waals surface area contributed by atoms with Crippen LogP contribution in [0.5, 0.6) is 0 Å². The van der Waals surface area contributed by atoms with Crippen LogP contribution in [0.15, 0.2) is 132 Å². The highest BCUT2D eigenvalue weighted by Gasteiger charge is 2.28. The van der Waals surface area contributed by atoms with Crippen LogP contribution in [0.25, 0.3) is 88.0 Å². The fourth-order valence-electron chi connectivity index (χ4n) is 6.93. The predicted molar refractivity (Wildman–Crippen MR) is 169 cm³/mol. The number of nitriles is 1. The molecule has 1 aliphatic carbocycles. The summed E-state index contributed by atoms with van der Waals surface area (Å²) >= 11 is 0.